The highest BCUT2D eigenvalue weighted by Gasteiger charge is 2.26. The summed E-state index contributed by atoms with van der Waals surface area (Å²) in [6.07, 6.45) is 6.21. The summed E-state index contributed by atoms with van der Waals surface area (Å²) < 4.78 is 0. The largest absolute Gasteiger partial charge is 0.393 e. The minimum Gasteiger partial charge on any atom is -0.393 e. The third-order valence-corrected chi connectivity index (χ3v) is 3.64. The highest BCUT2D eigenvalue weighted by atomic mass is 16.3. The molecule has 0 aromatic carbocycles. The number of pyridine rings is 1. The van der Waals surface area contributed by atoms with E-state index in [2.05, 4.69) is 18.0 Å². The minimum absolute atomic E-state index is 0.205. The Morgan fingerprint density at radius 1 is 1.50 bits per heavy atom. The molecular weight excluding hydrogens is 198 g/mol. The van der Waals surface area contributed by atoms with Crippen LogP contribution < -0.4 is 0 Å². The lowest BCUT2D eigenvalue weighted by Crippen LogP contribution is -2.21. The van der Waals surface area contributed by atoms with Crippen LogP contribution in [0.2, 0.25) is 0 Å². The first-order valence-electron chi connectivity index (χ1n) is 6.30. The lowest BCUT2D eigenvalue weighted by atomic mass is 9.77. The molecule has 2 nitrogen and oxygen atoms in total. The van der Waals surface area contributed by atoms with Gasteiger partial charge in [-0.2, -0.15) is 0 Å². The number of aromatic nitrogens is 1. The van der Waals surface area contributed by atoms with Crippen LogP contribution >= 0.6 is 0 Å². The molecule has 0 fully saturated rings. The van der Waals surface area contributed by atoms with Crippen molar-refractivity contribution in [2.45, 2.75) is 51.6 Å². The number of aliphatic hydroxyl groups excluding tert-OH is 1. The predicted molar refractivity (Wildman–Crippen MR) is 65.4 cm³/mol. The van der Waals surface area contributed by atoms with Crippen LogP contribution in [-0.2, 0) is 6.42 Å². The van der Waals surface area contributed by atoms with E-state index >= 15 is 0 Å². The molecule has 1 aliphatic carbocycles. The molecule has 0 aliphatic heterocycles. The van der Waals surface area contributed by atoms with E-state index in [1.807, 2.05) is 19.2 Å². The Bertz CT molecular complexity index is 348. The van der Waals surface area contributed by atoms with Crippen LogP contribution in [0.4, 0.5) is 0 Å². The first kappa shape index (κ1) is 11.6. The normalized spacial score (nSPS) is 23.6. The summed E-state index contributed by atoms with van der Waals surface area (Å²) in [6, 6.07) is 4.23. The molecule has 0 bridgehead atoms. The molecule has 16 heavy (non-hydrogen) atoms. The first-order valence-corrected chi connectivity index (χ1v) is 6.30. The maximum Gasteiger partial charge on any atom is 0.0514 e. The fourth-order valence-electron chi connectivity index (χ4n) is 2.90. The van der Waals surface area contributed by atoms with Gasteiger partial charge in [-0.15, -0.1) is 0 Å². The van der Waals surface area contributed by atoms with E-state index in [1.54, 1.807) is 0 Å². The molecular formula is C14H21NO. The molecule has 0 spiro atoms. The van der Waals surface area contributed by atoms with Crippen LogP contribution in [-0.4, -0.2) is 16.2 Å². The van der Waals surface area contributed by atoms with E-state index < -0.39 is 0 Å². The SMILES string of the molecule is CC(O)CC(C)C1CCCc2cccnc21. The summed E-state index contributed by atoms with van der Waals surface area (Å²) in [5.41, 5.74) is 2.69. The van der Waals surface area contributed by atoms with Gasteiger partial charge in [-0.1, -0.05) is 13.0 Å². The molecule has 1 aliphatic rings. The number of nitrogens with zero attached hydrogens (tertiary/aromatic N) is 1. The number of rotatable bonds is 3. The van der Waals surface area contributed by atoms with Gasteiger partial charge in [-0.3, -0.25) is 4.98 Å². The van der Waals surface area contributed by atoms with Crippen molar-refractivity contribution in [2.75, 3.05) is 0 Å². The molecule has 1 aromatic heterocycles. The molecule has 1 heterocycles. The molecule has 0 saturated carbocycles. The highest BCUT2D eigenvalue weighted by molar-refractivity contribution is 5.26. The van der Waals surface area contributed by atoms with Gasteiger partial charge in [0.15, 0.2) is 0 Å². The van der Waals surface area contributed by atoms with Gasteiger partial charge >= 0.3 is 0 Å². The number of fused-ring (bicyclic) bond motifs is 1. The van der Waals surface area contributed by atoms with Gasteiger partial charge in [0, 0.05) is 17.8 Å². The summed E-state index contributed by atoms with van der Waals surface area (Å²) >= 11 is 0. The summed E-state index contributed by atoms with van der Waals surface area (Å²) in [5, 5.41) is 9.48. The lowest BCUT2D eigenvalue weighted by molar-refractivity contribution is 0.153. The second-order valence-corrected chi connectivity index (χ2v) is 5.11. The van der Waals surface area contributed by atoms with Gasteiger partial charge in [0.05, 0.1) is 6.10 Å². The first-order chi connectivity index (χ1) is 7.68. The molecule has 0 radical (unpaired) electrons. The van der Waals surface area contributed by atoms with E-state index in [-0.39, 0.29) is 6.10 Å². The van der Waals surface area contributed by atoms with Gasteiger partial charge in [0.25, 0.3) is 0 Å². The smallest absolute Gasteiger partial charge is 0.0514 e. The lowest BCUT2D eigenvalue weighted by Gasteiger charge is -2.29. The van der Waals surface area contributed by atoms with Crippen molar-refractivity contribution in [2.24, 2.45) is 5.92 Å². The molecule has 2 rings (SSSR count). The van der Waals surface area contributed by atoms with Gasteiger partial charge < -0.3 is 5.11 Å². The third-order valence-electron chi connectivity index (χ3n) is 3.64. The fraction of sp³-hybridized carbons (Fsp3) is 0.643. The quantitative estimate of drug-likeness (QED) is 0.848. The number of aliphatic hydroxyl groups is 1. The maximum atomic E-state index is 9.48. The molecule has 0 saturated heterocycles. The Balaban J connectivity index is 2.18. The van der Waals surface area contributed by atoms with E-state index in [1.165, 1.54) is 30.5 Å². The van der Waals surface area contributed by atoms with Crippen LogP contribution in [0.15, 0.2) is 18.3 Å². The Morgan fingerprint density at radius 2 is 2.31 bits per heavy atom. The molecule has 88 valence electrons. The van der Waals surface area contributed by atoms with Crippen molar-refractivity contribution in [1.82, 2.24) is 4.98 Å². The zero-order chi connectivity index (χ0) is 11.5. The monoisotopic (exact) mass is 219 g/mol. The molecule has 2 heteroatoms. The molecule has 3 atom stereocenters. The van der Waals surface area contributed by atoms with Crippen molar-refractivity contribution < 1.29 is 5.11 Å². The average molecular weight is 219 g/mol. The van der Waals surface area contributed by atoms with Gasteiger partial charge in [0.1, 0.15) is 0 Å². The fourth-order valence-corrected chi connectivity index (χ4v) is 2.90. The topological polar surface area (TPSA) is 33.1 Å². The van der Waals surface area contributed by atoms with Crippen LogP contribution in [0.25, 0.3) is 0 Å². The summed E-state index contributed by atoms with van der Waals surface area (Å²) in [7, 11) is 0. The Morgan fingerprint density at radius 3 is 3.06 bits per heavy atom. The molecule has 1 N–H and O–H groups in total. The van der Waals surface area contributed by atoms with E-state index in [0.717, 1.165) is 6.42 Å². The zero-order valence-electron chi connectivity index (χ0n) is 10.2. The third kappa shape index (κ3) is 2.43. The molecule has 3 unspecified atom stereocenters. The average Bonchev–Trinajstić information content (AvgIpc) is 2.27. The predicted octanol–water partition coefficient (Wildman–Crippen LogP) is 2.91. The van der Waals surface area contributed by atoms with Crippen molar-refractivity contribution >= 4 is 0 Å². The summed E-state index contributed by atoms with van der Waals surface area (Å²) in [6.45, 7) is 4.11. The standard InChI is InChI=1S/C14H21NO/c1-10(9-11(2)16)13-7-3-5-12-6-4-8-15-14(12)13/h4,6,8,10-11,13,16H,3,5,7,9H2,1-2H3. The van der Waals surface area contributed by atoms with E-state index in [9.17, 15) is 5.11 Å². The maximum absolute atomic E-state index is 9.48. The van der Waals surface area contributed by atoms with Crippen molar-refractivity contribution in [3.05, 3.63) is 29.6 Å². The number of hydrogen-bond acceptors (Lipinski definition) is 2. The van der Waals surface area contributed by atoms with Crippen LogP contribution in [0.3, 0.4) is 0 Å². The van der Waals surface area contributed by atoms with E-state index in [4.69, 9.17) is 0 Å². The summed E-state index contributed by atoms with van der Waals surface area (Å²) in [4.78, 5) is 4.55. The Hall–Kier alpha value is -0.890. The second kappa shape index (κ2) is 4.96. The Labute approximate surface area is 97.7 Å². The Kier molecular flexibility index (Phi) is 3.59. The molecule has 1 aromatic rings. The number of aryl methyl sites for hydroxylation is 1. The number of hydrogen-bond donors (Lipinski definition) is 1. The van der Waals surface area contributed by atoms with Crippen LogP contribution in [0.5, 0.6) is 0 Å². The van der Waals surface area contributed by atoms with Crippen molar-refractivity contribution in [3.8, 4) is 0 Å². The highest BCUT2D eigenvalue weighted by Crippen LogP contribution is 2.37. The molecule has 0 amide bonds. The zero-order valence-corrected chi connectivity index (χ0v) is 10.2. The minimum atomic E-state index is -0.205. The van der Waals surface area contributed by atoms with E-state index in [0.29, 0.717) is 11.8 Å². The second-order valence-electron chi connectivity index (χ2n) is 5.11. The van der Waals surface area contributed by atoms with Crippen LogP contribution in [0, 0.1) is 5.92 Å². The van der Waals surface area contributed by atoms with Crippen molar-refractivity contribution in [1.29, 1.82) is 0 Å². The summed E-state index contributed by atoms with van der Waals surface area (Å²) in [5.74, 6) is 1.06. The van der Waals surface area contributed by atoms with Crippen LogP contribution in [0.1, 0.15) is 50.3 Å². The van der Waals surface area contributed by atoms with Gasteiger partial charge in [-0.05, 0) is 50.2 Å². The van der Waals surface area contributed by atoms with Gasteiger partial charge in [-0.25, -0.2) is 0 Å². The van der Waals surface area contributed by atoms with Crippen molar-refractivity contribution in [3.63, 3.8) is 0 Å². The van der Waals surface area contributed by atoms with Gasteiger partial charge in [0.2, 0.25) is 0 Å².